The van der Waals surface area contributed by atoms with Crippen LogP contribution in [-0.2, 0) is 0 Å². The van der Waals surface area contributed by atoms with Crippen molar-refractivity contribution >= 4 is 17.0 Å². The fourth-order valence-corrected chi connectivity index (χ4v) is 2.01. The second-order valence-electron chi connectivity index (χ2n) is 4.29. The van der Waals surface area contributed by atoms with Crippen LogP contribution in [0, 0.1) is 0 Å². The minimum absolute atomic E-state index is 0.422. The number of anilines is 1. The Balaban J connectivity index is 2.16. The smallest absolute Gasteiger partial charge is 0.263 e. The van der Waals surface area contributed by atoms with E-state index in [1.54, 1.807) is 33.5 Å². The van der Waals surface area contributed by atoms with Crippen LogP contribution >= 0.6 is 0 Å². The van der Waals surface area contributed by atoms with E-state index >= 15 is 0 Å². The Morgan fingerprint density at radius 2 is 1.81 bits per heavy atom. The summed E-state index contributed by atoms with van der Waals surface area (Å²) in [7, 11) is 4.94. The molecule has 0 aliphatic heterocycles. The normalized spacial score (nSPS) is 10.6. The molecule has 0 aliphatic rings. The first-order valence-corrected chi connectivity index (χ1v) is 6.28. The molecular formula is C14H14N4O3. The molecule has 7 heteroatoms. The number of nitrogens with zero attached hydrogens (tertiary/aromatic N) is 3. The maximum absolute atomic E-state index is 5.27. The van der Waals surface area contributed by atoms with Crippen molar-refractivity contribution in [3.63, 3.8) is 0 Å². The van der Waals surface area contributed by atoms with Gasteiger partial charge in [-0.15, -0.1) is 0 Å². The van der Waals surface area contributed by atoms with Gasteiger partial charge < -0.3 is 19.3 Å². The van der Waals surface area contributed by atoms with E-state index < -0.39 is 0 Å². The van der Waals surface area contributed by atoms with Crippen LogP contribution in [0.25, 0.3) is 22.4 Å². The zero-order valence-corrected chi connectivity index (χ0v) is 11.9. The molecule has 3 aromatic rings. The highest BCUT2D eigenvalue weighted by atomic mass is 16.5. The van der Waals surface area contributed by atoms with Crippen LogP contribution in [0.3, 0.4) is 0 Å². The van der Waals surface area contributed by atoms with E-state index in [0.29, 0.717) is 28.9 Å². The lowest BCUT2D eigenvalue weighted by Crippen LogP contribution is -1.94. The van der Waals surface area contributed by atoms with Gasteiger partial charge in [-0.2, -0.15) is 4.98 Å². The highest BCUT2D eigenvalue weighted by Gasteiger charge is 2.14. The number of nitrogens with one attached hydrogen (secondary N) is 1. The van der Waals surface area contributed by atoms with Gasteiger partial charge in [0, 0.05) is 24.9 Å². The summed E-state index contributed by atoms with van der Waals surface area (Å²) in [5.74, 6) is 1.83. The predicted molar refractivity (Wildman–Crippen MR) is 77.7 cm³/mol. The van der Waals surface area contributed by atoms with Gasteiger partial charge in [0.15, 0.2) is 0 Å². The lowest BCUT2D eigenvalue weighted by atomic mass is 10.1. The molecule has 108 valence electrons. The van der Waals surface area contributed by atoms with Gasteiger partial charge in [0.05, 0.1) is 19.6 Å². The van der Waals surface area contributed by atoms with Gasteiger partial charge in [0.25, 0.3) is 5.71 Å². The van der Waals surface area contributed by atoms with Gasteiger partial charge in [-0.25, -0.2) is 4.98 Å². The third-order valence-corrected chi connectivity index (χ3v) is 3.08. The SMILES string of the molecule is CNc1ncc2c(-c3cc(OC)cc(OC)c3)noc2n1. The Morgan fingerprint density at radius 1 is 1.10 bits per heavy atom. The minimum Gasteiger partial charge on any atom is -0.497 e. The molecule has 2 aromatic heterocycles. The van der Waals surface area contributed by atoms with Crippen molar-refractivity contribution < 1.29 is 14.0 Å². The first-order valence-electron chi connectivity index (χ1n) is 6.28. The largest absolute Gasteiger partial charge is 0.497 e. The Labute approximate surface area is 120 Å². The highest BCUT2D eigenvalue weighted by molar-refractivity contribution is 5.89. The van der Waals surface area contributed by atoms with E-state index in [-0.39, 0.29) is 0 Å². The van der Waals surface area contributed by atoms with Crippen molar-refractivity contribution in [3.05, 3.63) is 24.4 Å². The Kier molecular flexibility index (Phi) is 3.31. The molecule has 7 nitrogen and oxygen atoms in total. The van der Waals surface area contributed by atoms with E-state index in [4.69, 9.17) is 14.0 Å². The summed E-state index contributed by atoms with van der Waals surface area (Å²) < 4.78 is 15.8. The first kappa shape index (κ1) is 13.2. The van der Waals surface area contributed by atoms with Crippen LogP contribution in [0.2, 0.25) is 0 Å². The van der Waals surface area contributed by atoms with Gasteiger partial charge in [0.2, 0.25) is 5.95 Å². The monoisotopic (exact) mass is 286 g/mol. The summed E-state index contributed by atoms with van der Waals surface area (Å²) in [6.07, 6.45) is 1.67. The first-order chi connectivity index (χ1) is 10.2. The van der Waals surface area contributed by atoms with Crippen LogP contribution in [-0.4, -0.2) is 36.4 Å². The average Bonchev–Trinajstić information content (AvgIpc) is 2.97. The Bertz CT molecular complexity index is 763. The summed E-state index contributed by atoms with van der Waals surface area (Å²) in [4.78, 5) is 8.40. The molecule has 0 saturated carbocycles. The molecule has 0 radical (unpaired) electrons. The number of benzene rings is 1. The number of hydrogen-bond acceptors (Lipinski definition) is 7. The molecule has 1 N–H and O–H groups in total. The summed E-state index contributed by atoms with van der Waals surface area (Å²) in [6, 6.07) is 5.50. The fraction of sp³-hybridized carbons (Fsp3) is 0.214. The van der Waals surface area contributed by atoms with E-state index in [1.807, 2.05) is 12.1 Å². The number of hydrogen-bond donors (Lipinski definition) is 1. The van der Waals surface area contributed by atoms with Gasteiger partial charge in [0.1, 0.15) is 17.2 Å². The van der Waals surface area contributed by atoms with E-state index in [1.165, 1.54) is 0 Å². The molecule has 0 amide bonds. The topological polar surface area (TPSA) is 82.3 Å². The molecule has 0 saturated heterocycles. The lowest BCUT2D eigenvalue weighted by molar-refractivity contribution is 0.394. The summed E-state index contributed by atoms with van der Waals surface area (Å²) in [5.41, 5.74) is 1.88. The van der Waals surface area contributed by atoms with Crippen molar-refractivity contribution in [2.45, 2.75) is 0 Å². The molecule has 1 aromatic carbocycles. The molecule has 0 atom stereocenters. The molecule has 2 heterocycles. The van der Waals surface area contributed by atoms with Crippen LogP contribution in [0.1, 0.15) is 0 Å². The van der Waals surface area contributed by atoms with Crippen molar-refractivity contribution in [3.8, 4) is 22.8 Å². The van der Waals surface area contributed by atoms with Crippen molar-refractivity contribution in [2.75, 3.05) is 26.6 Å². The van der Waals surface area contributed by atoms with Crippen molar-refractivity contribution in [1.29, 1.82) is 0 Å². The van der Waals surface area contributed by atoms with Gasteiger partial charge in [-0.1, -0.05) is 5.16 Å². The third-order valence-electron chi connectivity index (χ3n) is 3.08. The number of rotatable bonds is 4. The van der Waals surface area contributed by atoms with Crippen molar-refractivity contribution in [1.82, 2.24) is 15.1 Å². The van der Waals surface area contributed by atoms with Gasteiger partial charge in [-0.05, 0) is 12.1 Å². The van der Waals surface area contributed by atoms with E-state index in [2.05, 4.69) is 20.4 Å². The molecule has 0 spiro atoms. The average molecular weight is 286 g/mol. The van der Waals surface area contributed by atoms with Crippen LogP contribution in [0.4, 0.5) is 5.95 Å². The van der Waals surface area contributed by atoms with Crippen LogP contribution in [0.5, 0.6) is 11.5 Å². The number of ether oxygens (including phenoxy) is 2. The van der Waals surface area contributed by atoms with E-state index in [0.717, 1.165) is 10.9 Å². The number of fused-ring (bicyclic) bond motifs is 1. The maximum atomic E-state index is 5.27. The quantitative estimate of drug-likeness (QED) is 0.788. The number of methoxy groups -OCH3 is 2. The second-order valence-corrected chi connectivity index (χ2v) is 4.29. The van der Waals surface area contributed by atoms with Crippen LogP contribution < -0.4 is 14.8 Å². The van der Waals surface area contributed by atoms with Gasteiger partial charge >= 0.3 is 0 Å². The zero-order chi connectivity index (χ0) is 14.8. The molecule has 0 unspecified atom stereocenters. The molecule has 3 rings (SSSR count). The summed E-state index contributed by atoms with van der Waals surface area (Å²) in [5, 5.41) is 7.66. The molecule has 21 heavy (non-hydrogen) atoms. The molecular weight excluding hydrogens is 272 g/mol. The third kappa shape index (κ3) is 2.33. The Hall–Kier alpha value is -2.83. The molecule has 0 aliphatic carbocycles. The summed E-state index contributed by atoms with van der Waals surface area (Å²) >= 11 is 0. The molecule has 0 fully saturated rings. The van der Waals surface area contributed by atoms with E-state index in [9.17, 15) is 0 Å². The highest BCUT2D eigenvalue weighted by Crippen LogP contribution is 2.32. The fourth-order valence-electron chi connectivity index (χ4n) is 2.01. The van der Waals surface area contributed by atoms with Crippen LogP contribution in [0.15, 0.2) is 28.9 Å². The minimum atomic E-state index is 0.422. The number of aromatic nitrogens is 3. The zero-order valence-electron chi connectivity index (χ0n) is 11.9. The second kappa shape index (κ2) is 5.28. The predicted octanol–water partition coefficient (Wildman–Crippen LogP) is 2.34. The maximum Gasteiger partial charge on any atom is 0.263 e. The van der Waals surface area contributed by atoms with Crippen molar-refractivity contribution in [2.24, 2.45) is 0 Å². The Morgan fingerprint density at radius 3 is 2.43 bits per heavy atom. The standard InChI is InChI=1S/C14H14N4O3/c1-15-14-16-7-11-12(18-21-13(11)17-14)8-4-9(19-2)6-10(5-8)20-3/h4-7H,1-3H3,(H,15,16,17). The molecule has 0 bridgehead atoms. The summed E-state index contributed by atoms with van der Waals surface area (Å²) in [6.45, 7) is 0. The lowest BCUT2D eigenvalue weighted by Gasteiger charge is -2.06. The van der Waals surface area contributed by atoms with Gasteiger partial charge in [-0.3, -0.25) is 0 Å².